The van der Waals surface area contributed by atoms with Crippen molar-refractivity contribution < 1.29 is 16.8 Å². The molecule has 2 spiro atoms. The monoisotopic (exact) mass is 1390 g/mol. The van der Waals surface area contributed by atoms with Gasteiger partial charge in [-0.05, 0) is 297 Å². The molecule has 0 aromatic heterocycles. The first kappa shape index (κ1) is 63.3. The number of fused-ring (bicyclic) bond motifs is 5. The molecule has 2 atom stereocenters. The van der Waals surface area contributed by atoms with Crippen LogP contribution < -0.4 is 9.80 Å². The average Bonchev–Trinajstić information content (AvgIpc) is 0.679. The largest absolute Gasteiger partial charge is 0.310 e. The van der Waals surface area contributed by atoms with Gasteiger partial charge < -0.3 is 9.80 Å². The van der Waals surface area contributed by atoms with Crippen LogP contribution in [0.15, 0.2) is 323 Å². The van der Waals surface area contributed by atoms with Gasteiger partial charge in [-0.15, -0.1) is 0 Å². The summed E-state index contributed by atoms with van der Waals surface area (Å²) in [6, 6.07) is 107. The fourth-order valence-electron chi connectivity index (χ4n) is 21.8. The van der Waals surface area contributed by atoms with Crippen molar-refractivity contribution in [2.75, 3.05) is 9.80 Å². The second-order valence-electron chi connectivity index (χ2n) is 31.2. The summed E-state index contributed by atoms with van der Waals surface area (Å²) in [5.41, 5.74) is 20.3. The van der Waals surface area contributed by atoms with Gasteiger partial charge in [0.1, 0.15) is 0 Å². The summed E-state index contributed by atoms with van der Waals surface area (Å²) in [4.78, 5) is 6.64. The molecular formula is C96H80N2O4S2. The zero-order chi connectivity index (χ0) is 69.6. The lowest BCUT2D eigenvalue weighted by molar-refractivity contribution is -0.0446. The van der Waals surface area contributed by atoms with Crippen LogP contribution in [0.4, 0.5) is 34.1 Å². The van der Waals surface area contributed by atoms with Crippen LogP contribution in [0.25, 0.3) is 66.4 Å². The van der Waals surface area contributed by atoms with E-state index in [9.17, 15) is 8.42 Å². The minimum absolute atomic E-state index is 0.315. The van der Waals surface area contributed by atoms with Gasteiger partial charge in [0.15, 0.2) is 0 Å². The van der Waals surface area contributed by atoms with Gasteiger partial charge in [-0.1, -0.05) is 207 Å². The predicted octanol–water partition coefficient (Wildman–Crippen LogP) is 24.3. The van der Waals surface area contributed by atoms with Gasteiger partial charge in [-0.25, -0.2) is 16.8 Å². The van der Waals surface area contributed by atoms with Gasteiger partial charge in [-0.2, -0.15) is 0 Å². The molecule has 2 aliphatic heterocycles. The highest BCUT2D eigenvalue weighted by Gasteiger charge is 2.63. The van der Waals surface area contributed by atoms with Crippen LogP contribution >= 0.6 is 0 Å². The third-order valence-electron chi connectivity index (χ3n) is 25.8. The van der Waals surface area contributed by atoms with Crippen LogP contribution in [0, 0.1) is 41.4 Å². The standard InChI is InChI=1S/C96H80N2O4S2/c1-62-50-75-21-15-22-76(51-62)95(75)87-26-10-12-28-91(87)104(101,102)94-49-47-84(61-90(94)95)98(81-42-34-68(35-43-81)66-18-6-3-7-19-66)82-23-14-20-73(59-82)85-24-8-9-25-86(85)74-31-30-71-58-83(46-38-70(71)57-74)97(79-40-32-67(33-41-79)65-16-4-2-5-17-65)80-44-36-69(37-45-80)72-39-48-93-89(60-72)96(88-27-11-13-29-92(88)103(93,99)100)77-53-63-52-64(55-77)56-78(96)54-63/h2-14,16-20,23-49,57-64,75-78H,15,21-22,50-56H2,1H3/t62?,63?,64?,75-,76-,77?,78?,95?,96?/m0/s1. The van der Waals surface area contributed by atoms with Gasteiger partial charge in [0.2, 0.25) is 19.7 Å². The third-order valence-corrected chi connectivity index (χ3v) is 29.5. The van der Waals surface area contributed by atoms with Crippen molar-refractivity contribution in [3.05, 3.63) is 326 Å². The van der Waals surface area contributed by atoms with Crippen LogP contribution in [-0.4, -0.2) is 16.8 Å². The molecule has 0 saturated heterocycles. The molecule has 0 radical (unpaired) electrons. The first-order valence-electron chi connectivity index (χ1n) is 37.6. The van der Waals surface area contributed by atoms with Crippen molar-refractivity contribution in [2.24, 2.45) is 41.4 Å². The van der Waals surface area contributed by atoms with E-state index in [0.29, 0.717) is 49.2 Å². The van der Waals surface area contributed by atoms with E-state index in [0.717, 1.165) is 160 Å². The Morgan fingerprint density at radius 2 is 0.654 bits per heavy atom. The summed E-state index contributed by atoms with van der Waals surface area (Å²) in [6.45, 7) is 2.40. The molecule has 21 rings (SSSR count). The number of hydrogen-bond acceptors (Lipinski definition) is 6. The summed E-state index contributed by atoms with van der Waals surface area (Å²) in [7, 11) is -7.53. The van der Waals surface area contributed by atoms with Crippen molar-refractivity contribution in [1.29, 1.82) is 0 Å². The minimum Gasteiger partial charge on any atom is -0.310 e. The number of benzene rings is 13. The molecule has 0 amide bonds. The third kappa shape index (κ3) is 9.83. The van der Waals surface area contributed by atoms with Gasteiger partial charge in [0.05, 0.1) is 19.6 Å². The van der Waals surface area contributed by atoms with E-state index in [1.807, 2.05) is 48.5 Å². The molecule has 8 heteroatoms. The van der Waals surface area contributed by atoms with Crippen molar-refractivity contribution in [3.63, 3.8) is 0 Å². The van der Waals surface area contributed by atoms with Crippen molar-refractivity contribution in [3.8, 4) is 55.6 Å². The molecule has 13 aromatic carbocycles. The Kier molecular flexibility index (Phi) is 14.8. The van der Waals surface area contributed by atoms with Gasteiger partial charge >= 0.3 is 0 Å². The van der Waals surface area contributed by atoms with Crippen LogP contribution in [0.5, 0.6) is 0 Å². The zero-order valence-corrected chi connectivity index (χ0v) is 60.0. The lowest BCUT2D eigenvalue weighted by Gasteiger charge is -2.63. The summed E-state index contributed by atoms with van der Waals surface area (Å²) < 4.78 is 59.6. The van der Waals surface area contributed by atoms with E-state index in [-0.39, 0.29) is 5.41 Å². The molecule has 6 aliphatic carbocycles. The fraction of sp³-hybridized carbons (Fsp3) is 0.208. The highest BCUT2D eigenvalue weighted by Crippen LogP contribution is 2.69. The smallest absolute Gasteiger partial charge is 0.207 e. The Hall–Kier alpha value is -10.4. The lowest BCUT2D eigenvalue weighted by atomic mass is 9.42. The first-order valence-corrected chi connectivity index (χ1v) is 40.6. The SMILES string of the molecule is CC1C[C@@H]2CCC[C@@H](C1)C21c2ccccc2S(=O)(=O)c2ccc(N(c3ccc(-c4ccccc4)cc3)c3cccc(-c4ccccc4-c4ccc5cc(N(c6ccc(-c7ccccc7)cc6)c6ccc(-c7ccc8c(c7)C7(c9ccccc9S8(=O)=O)C8CC9CC(C8)CC7C9)cc6)ccc5c4)c3)cc21. The number of sulfone groups is 2. The molecule has 13 aromatic rings. The summed E-state index contributed by atoms with van der Waals surface area (Å²) in [6.07, 6.45) is 11.5. The molecule has 0 N–H and O–H groups in total. The molecule has 6 fully saturated rings. The van der Waals surface area contributed by atoms with Crippen molar-refractivity contribution in [1.82, 2.24) is 0 Å². The summed E-state index contributed by atoms with van der Waals surface area (Å²) >= 11 is 0. The van der Waals surface area contributed by atoms with Crippen molar-refractivity contribution >= 4 is 64.6 Å². The molecule has 8 aliphatic rings. The lowest BCUT2D eigenvalue weighted by Crippen LogP contribution is -2.57. The van der Waals surface area contributed by atoms with Crippen LogP contribution in [0.1, 0.15) is 93.4 Å². The Balaban J connectivity index is 0.660. The highest BCUT2D eigenvalue weighted by atomic mass is 32.2. The fourth-order valence-corrected chi connectivity index (χ4v) is 25.3. The maximum Gasteiger partial charge on any atom is 0.207 e. The second-order valence-corrected chi connectivity index (χ2v) is 35.0. The molecule has 6 bridgehead atoms. The van der Waals surface area contributed by atoms with E-state index in [2.05, 4.69) is 272 Å². The van der Waals surface area contributed by atoms with E-state index in [1.165, 1.54) is 38.5 Å². The minimum atomic E-state index is -3.81. The van der Waals surface area contributed by atoms with E-state index in [1.54, 1.807) is 0 Å². The van der Waals surface area contributed by atoms with Gasteiger partial charge in [0.25, 0.3) is 0 Å². The maximum absolute atomic E-state index is 15.1. The van der Waals surface area contributed by atoms with Gasteiger partial charge in [-0.3, -0.25) is 0 Å². The maximum atomic E-state index is 15.1. The number of rotatable bonds is 11. The number of nitrogens with zero attached hydrogens (tertiary/aromatic N) is 2. The molecule has 510 valence electrons. The van der Waals surface area contributed by atoms with Crippen LogP contribution in [0.2, 0.25) is 0 Å². The quantitative estimate of drug-likeness (QED) is 0.128. The zero-order valence-electron chi connectivity index (χ0n) is 58.3. The Morgan fingerprint density at radius 1 is 0.279 bits per heavy atom. The van der Waals surface area contributed by atoms with E-state index in [4.69, 9.17) is 0 Å². The number of anilines is 6. The molecule has 104 heavy (non-hydrogen) atoms. The predicted molar refractivity (Wildman–Crippen MR) is 422 cm³/mol. The molecule has 6 nitrogen and oxygen atoms in total. The average molecular weight is 1390 g/mol. The molecule has 6 saturated carbocycles. The van der Waals surface area contributed by atoms with E-state index >= 15 is 8.42 Å². The van der Waals surface area contributed by atoms with Crippen LogP contribution in [0.3, 0.4) is 0 Å². The normalized spacial score (nSPS) is 23.9. The Labute approximate surface area is 611 Å². The van der Waals surface area contributed by atoms with Crippen LogP contribution in [-0.2, 0) is 30.5 Å². The Bertz CT molecular complexity index is 5770. The second kappa shape index (κ2) is 24.4. The number of hydrogen-bond donors (Lipinski definition) is 0. The van der Waals surface area contributed by atoms with Gasteiger partial charge in [0, 0.05) is 45.0 Å². The molecular weight excluding hydrogens is 1310 g/mol. The summed E-state index contributed by atoms with van der Waals surface area (Å²) in [5, 5.41) is 2.23. The topological polar surface area (TPSA) is 74.8 Å². The molecule has 2 heterocycles. The van der Waals surface area contributed by atoms with E-state index < -0.39 is 25.1 Å². The Morgan fingerprint density at radius 3 is 1.22 bits per heavy atom. The molecule has 0 unspecified atom stereocenters. The highest BCUT2D eigenvalue weighted by molar-refractivity contribution is 7.92. The summed E-state index contributed by atoms with van der Waals surface area (Å²) in [5.74, 6) is 3.55. The van der Waals surface area contributed by atoms with Crippen molar-refractivity contribution in [2.45, 2.75) is 102 Å². The first-order chi connectivity index (χ1) is 50.9.